The molecular weight excluding hydrogens is 256 g/mol. The van der Waals surface area contributed by atoms with E-state index >= 15 is 0 Å². The van der Waals surface area contributed by atoms with Gasteiger partial charge < -0.3 is 4.74 Å². The van der Waals surface area contributed by atoms with Crippen LogP contribution in [0.4, 0.5) is 0 Å². The fourth-order valence-corrected chi connectivity index (χ4v) is 3.31. The van der Waals surface area contributed by atoms with Crippen LogP contribution in [0.5, 0.6) is 0 Å². The molecule has 0 saturated carbocycles. The first-order chi connectivity index (χ1) is 9.63. The zero-order chi connectivity index (χ0) is 14.1. The van der Waals surface area contributed by atoms with Crippen LogP contribution in [0.3, 0.4) is 0 Å². The van der Waals surface area contributed by atoms with Gasteiger partial charge in [-0.25, -0.2) is 4.79 Å². The highest BCUT2D eigenvalue weighted by Gasteiger charge is 2.24. The number of nitrogens with zero attached hydrogens (tertiary/aromatic N) is 4. The predicted molar refractivity (Wildman–Crippen MR) is 75.6 cm³/mol. The lowest BCUT2D eigenvalue weighted by molar-refractivity contribution is -0.0779. The summed E-state index contributed by atoms with van der Waals surface area (Å²) < 4.78 is 9.22. The van der Waals surface area contributed by atoms with E-state index in [-0.39, 0.29) is 17.9 Å². The molecular formula is C14H24N4O2. The molecule has 2 atom stereocenters. The first-order valence-electron chi connectivity index (χ1n) is 7.68. The Labute approximate surface area is 119 Å². The third-order valence-electron chi connectivity index (χ3n) is 4.11. The molecule has 3 heterocycles. The van der Waals surface area contributed by atoms with Gasteiger partial charge in [-0.2, -0.15) is 9.78 Å². The number of hydrogen-bond acceptors (Lipinski definition) is 4. The van der Waals surface area contributed by atoms with E-state index < -0.39 is 0 Å². The van der Waals surface area contributed by atoms with E-state index in [1.807, 2.05) is 4.57 Å². The number of ether oxygens (including phenoxy) is 1. The lowest BCUT2D eigenvalue weighted by Gasteiger charge is -2.34. The van der Waals surface area contributed by atoms with E-state index in [4.69, 9.17) is 4.74 Å². The second-order valence-corrected chi connectivity index (χ2v) is 6.10. The van der Waals surface area contributed by atoms with Crippen molar-refractivity contribution in [3.8, 4) is 0 Å². The van der Waals surface area contributed by atoms with Crippen LogP contribution in [0.25, 0.3) is 0 Å². The second-order valence-electron chi connectivity index (χ2n) is 6.10. The van der Waals surface area contributed by atoms with E-state index in [1.165, 1.54) is 6.42 Å². The van der Waals surface area contributed by atoms with Crippen LogP contribution in [0, 0.1) is 0 Å². The van der Waals surface area contributed by atoms with Gasteiger partial charge in [0, 0.05) is 26.1 Å². The van der Waals surface area contributed by atoms with Crippen molar-refractivity contribution in [2.45, 2.75) is 65.0 Å². The van der Waals surface area contributed by atoms with Crippen LogP contribution in [-0.2, 0) is 24.4 Å². The predicted octanol–water partition coefficient (Wildman–Crippen LogP) is 0.838. The molecule has 0 radical (unpaired) electrons. The molecule has 112 valence electrons. The smallest absolute Gasteiger partial charge is 0.347 e. The van der Waals surface area contributed by atoms with Gasteiger partial charge >= 0.3 is 5.69 Å². The lowest BCUT2D eigenvalue weighted by atomic mass is 10.2. The minimum atomic E-state index is 0.0497. The first-order valence-corrected chi connectivity index (χ1v) is 7.68. The lowest BCUT2D eigenvalue weighted by Crippen LogP contribution is -2.47. The van der Waals surface area contributed by atoms with Crippen molar-refractivity contribution in [2.75, 3.05) is 13.1 Å². The number of aryl methyl sites for hydroxylation is 1. The highest BCUT2D eigenvalue weighted by atomic mass is 16.5. The van der Waals surface area contributed by atoms with Crippen LogP contribution < -0.4 is 5.69 Å². The maximum atomic E-state index is 12.4. The van der Waals surface area contributed by atoms with Crippen molar-refractivity contribution >= 4 is 0 Å². The number of rotatable bonds is 2. The molecule has 2 aliphatic rings. The molecule has 2 aliphatic heterocycles. The monoisotopic (exact) mass is 280 g/mol. The Morgan fingerprint density at radius 2 is 1.95 bits per heavy atom. The maximum Gasteiger partial charge on any atom is 0.347 e. The van der Waals surface area contributed by atoms with E-state index in [0.29, 0.717) is 6.67 Å². The minimum Gasteiger partial charge on any atom is -0.373 e. The molecule has 0 spiro atoms. The molecule has 6 heteroatoms. The zero-order valence-electron chi connectivity index (χ0n) is 12.4. The topological polar surface area (TPSA) is 52.3 Å². The van der Waals surface area contributed by atoms with Crippen LogP contribution >= 0.6 is 0 Å². The Kier molecular flexibility index (Phi) is 3.94. The number of fused-ring (bicyclic) bond motifs is 1. The van der Waals surface area contributed by atoms with E-state index in [0.717, 1.165) is 44.7 Å². The van der Waals surface area contributed by atoms with Gasteiger partial charge in [0.2, 0.25) is 0 Å². The van der Waals surface area contributed by atoms with Crippen LogP contribution in [0.2, 0.25) is 0 Å². The molecule has 20 heavy (non-hydrogen) atoms. The molecule has 0 unspecified atom stereocenters. The normalized spacial score (nSPS) is 28.1. The second kappa shape index (κ2) is 5.69. The van der Waals surface area contributed by atoms with Gasteiger partial charge in [-0.3, -0.25) is 9.47 Å². The molecule has 1 aromatic heterocycles. The summed E-state index contributed by atoms with van der Waals surface area (Å²) >= 11 is 0. The zero-order valence-corrected chi connectivity index (χ0v) is 12.4. The highest BCUT2D eigenvalue weighted by molar-refractivity contribution is 4.90. The molecule has 0 aliphatic carbocycles. The van der Waals surface area contributed by atoms with Gasteiger partial charge in [0.1, 0.15) is 5.82 Å². The van der Waals surface area contributed by atoms with Gasteiger partial charge in [0.15, 0.2) is 0 Å². The Bertz CT molecular complexity index is 512. The van der Waals surface area contributed by atoms with Crippen molar-refractivity contribution in [3.63, 3.8) is 0 Å². The van der Waals surface area contributed by atoms with E-state index in [1.54, 1.807) is 4.68 Å². The molecule has 6 nitrogen and oxygen atoms in total. The van der Waals surface area contributed by atoms with Gasteiger partial charge in [-0.15, -0.1) is 0 Å². The van der Waals surface area contributed by atoms with Crippen molar-refractivity contribution in [1.82, 2.24) is 19.2 Å². The summed E-state index contributed by atoms with van der Waals surface area (Å²) in [5.74, 6) is 0.960. The Morgan fingerprint density at radius 1 is 1.20 bits per heavy atom. The maximum absolute atomic E-state index is 12.4. The van der Waals surface area contributed by atoms with E-state index in [2.05, 4.69) is 23.8 Å². The summed E-state index contributed by atoms with van der Waals surface area (Å²) in [7, 11) is 0. The van der Waals surface area contributed by atoms with Crippen LogP contribution in [0.1, 0.15) is 38.9 Å². The summed E-state index contributed by atoms with van der Waals surface area (Å²) in [5, 5.41) is 4.54. The van der Waals surface area contributed by atoms with Crippen molar-refractivity contribution in [2.24, 2.45) is 0 Å². The molecule has 1 saturated heterocycles. The number of hydrogen-bond donors (Lipinski definition) is 0. The molecule has 0 amide bonds. The minimum absolute atomic E-state index is 0.0497. The van der Waals surface area contributed by atoms with E-state index in [9.17, 15) is 4.79 Å². The average Bonchev–Trinajstić information content (AvgIpc) is 2.57. The van der Waals surface area contributed by atoms with Gasteiger partial charge in [-0.1, -0.05) is 6.42 Å². The average molecular weight is 280 g/mol. The third-order valence-corrected chi connectivity index (χ3v) is 4.11. The standard InChI is InChI=1S/C14H24N4O2/c1-11-8-16(9-12(2)20-11)10-18-14(19)17-7-5-3-4-6-13(17)15-18/h11-12H,3-10H2,1-2H3/t11-,12+. The summed E-state index contributed by atoms with van der Waals surface area (Å²) in [6.07, 6.45) is 4.79. The fourth-order valence-electron chi connectivity index (χ4n) is 3.31. The SMILES string of the molecule is C[C@@H]1CN(Cn2nc3n(c2=O)CCCCC3)C[C@H](C)O1. The Balaban J connectivity index is 1.76. The molecule has 0 bridgehead atoms. The highest BCUT2D eigenvalue weighted by Crippen LogP contribution is 2.13. The van der Waals surface area contributed by atoms with Crippen molar-refractivity contribution < 1.29 is 4.74 Å². The fraction of sp³-hybridized carbons (Fsp3) is 0.857. The van der Waals surface area contributed by atoms with Gasteiger partial charge in [0.25, 0.3) is 0 Å². The first kappa shape index (κ1) is 13.8. The number of morpholine rings is 1. The third kappa shape index (κ3) is 2.81. The summed E-state index contributed by atoms with van der Waals surface area (Å²) in [4.78, 5) is 14.7. The summed E-state index contributed by atoms with van der Waals surface area (Å²) in [6, 6.07) is 0. The van der Waals surface area contributed by atoms with Gasteiger partial charge in [-0.05, 0) is 26.7 Å². The van der Waals surface area contributed by atoms with Crippen molar-refractivity contribution in [1.29, 1.82) is 0 Å². The van der Waals surface area contributed by atoms with Crippen molar-refractivity contribution in [3.05, 3.63) is 16.3 Å². The molecule has 0 N–H and O–H groups in total. The summed E-state index contributed by atoms with van der Waals surface area (Å²) in [6.45, 7) is 7.28. The molecule has 1 fully saturated rings. The van der Waals surface area contributed by atoms with Gasteiger partial charge in [0.05, 0.1) is 18.9 Å². The Hall–Kier alpha value is -1.14. The molecule has 0 aromatic carbocycles. The number of aromatic nitrogens is 3. The molecule has 3 rings (SSSR count). The largest absolute Gasteiger partial charge is 0.373 e. The van der Waals surface area contributed by atoms with Crippen LogP contribution in [0.15, 0.2) is 4.79 Å². The summed E-state index contributed by atoms with van der Waals surface area (Å²) in [5.41, 5.74) is 0.0497. The quantitative estimate of drug-likeness (QED) is 0.805. The van der Waals surface area contributed by atoms with Crippen LogP contribution in [-0.4, -0.2) is 44.5 Å². The molecule has 1 aromatic rings. The Morgan fingerprint density at radius 3 is 2.70 bits per heavy atom.